The summed E-state index contributed by atoms with van der Waals surface area (Å²) in [6.07, 6.45) is 4.36. The van der Waals surface area contributed by atoms with Crippen LogP contribution in [0, 0.1) is 0 Å². The van der Waals surface area contributed by atoms with Crippen LogP contribution in [-0.4, -0.2) is 55.0 Å². The lowest BCUT2D eigenvalue weighted by atomic mass is 10.2. The summed E-state index contributed by atoms with van der Waals surface area (Å²) < 4.78 is 0. The van der Waals surface area contributed by atoms with Gasteiger partial charge in [-0.3, -0.25) is 14.6 Å². The van der Waals surface area contributed by atoms with Gasteiger partial charge in [-0.2, -0.15) is 0 Å². The fourth-order valence-corrected chi connectivity index (χ4v) is 3.63. The molecule has 1 aliphatic heterocycles. The zero-order chi connectivity index (χ0) is 19.8. The maximum Gasteiger partial charge on any atom is 0.234 e. The predicted octanol–water partition coefficient (Wildman–Crippen LogP) is 3.94. The van der Waals surface area contributed by atoms with Crippen LogP contribution in [0.15, 0.2) is 54.6 Å². The number of nitrogens with zero attached hydrogens (tertiary/aromatic N) is 2. The Balaban J connectivity index is 1.35. The Bertz CT molecular complexity index is 803. The van der Waals surface area contributed by atoms with Crippen LogP contribution in [0.25, 0.3) is 6.08 Å². The van der Waals surface area contributed by atoms with Gasteiger partial charge in [0, 0.05) is 49.3 Å². The summed E-state index contributed by atoms with van der Waals surface area (Å²) >= 11 is 12.0. The van der Waals surface area contributed by atoms with E-state index < -0.39 is 0 Å². The number of halogens is 2. The molecule has 1 fully saturated rings. The van der Waals surface area contributed by atoms with Crippen LogP contribution in [0.3, 0.4) is 0 Å². The standard InChI is InChI=1S/C22H25Cl2N3O/c23-20-9-8-19(21(24)15-20)16-25-22(28)17-27-13-11-26(12-14-27)10-4-7-18-5-2-1-3-6-18/h1-9,15H,10-14,16-17H2,(H,25,28)/b7-4+. The molecule has 0 aromatic heterocycles. The Morgan fingerprint density at radius 1 is 1.00 bits per heavy atom. The first-order chi connectivity index (χ1) is 13.6. The van der Waals surface area contributed by atoms with Gasteiger partial charge in [-0.25, -0.2) is 0 Å². The maximum atomic E-state index is 12.2. The first-order valence-corrected chi connectivity index (χ1v) is 10.2. The largest absolute Gasteiger partial charge is 0.351 e. The van der Waals surface area contributed by atoms with Crippen molar-refractivity contribution >= 4 is 35.2 Å². The number of carbonyl (C=O) groups excluding carboxylic acids is 1. The Morgan fingerprint density at radius 2 is 1.71 bits per heavy atom. The summed E-state index contributed by atoms with van der Waals surface area (Å²) in [4.78, 5) is 16.8. The van der Waals surface area contributed by atoms with Crippen LogP contribution in [0.4, 0.5) is 0 Å². The molecule has 1 amide bonds. The molecule has 1 aliphatic rings. The van der Waals surface area contributed by atoms with Crippen LogP contribution >= 0.6 is 23.2 Å². The SMILES string of the molecule is O=C(CN1CCN(C/C=C/c2ccccc2)CC1)NCc1ccc(Cl)cc1Cl. The second kappa shape index (κ2) is 10.6. The lowest BCUT2D eigenvalue weighted by Crippen LogP contribution is -2.49. The van der Waals surface area contributed by atoms with Gasteiger partial charge in [0.2, 0.25) is 5.91 Å². The van der Waals surface area contributed by atoms with Gasteiger partial charge in [0.25, 0.3) is 0 Å². The van der Waals surface area contributed by atoms with Crippen LogP contribution in [0.2, 0.25) is 10.0 Å². The average Bonchev–Trinajstić information content (AvgIpc) is 2.69. The fourth-order valence-electron chi connectivity index (χ4n) is 3.15. The van der Waals surface area contributed by atoms with E-state index in [4.69, 9.17) is 23.2 Å². The summed E-state index contributed by atoms with van der Waals surface area (Å²) in [6, 6.07) is 15.6. The van der Waals surface area contributed by atoms with E-state index >= 15 is 0 Å². The normalized spacial score (nSPS) is 15.8. The van der Waals surface area contributed by atoms with Crippen molar-refractivity contribution in [2.75, 3.05) is 39.3 Å². The molecule has 3 rings (SSSR count). The lowest BCUT2D eigenvalue weighted by molar-refractivity contribution is -0.122. The molecule has 0 unspecified atom stereocenters. The van der Waals surface area contributed by atoms with E-state index in [0.29, 0.717) is 23.1 Å². The molecule has 0 aliphatic carbocycles. The number of benzene rings is 2. The molecule has 1 heterocycles. The number of nitrogens with one attached hydrogen (secondary N) is 1. The third kappa shape index (κ3) is 6.64. The van der Waals surface area contributed by atoms with Crippen molar-refractivity contribution in [3.8, 4) is 0 Å². The van der Waals surface area contributed by atoms with Gasteiger partial charge >= 0.3 is 0 Å². The molecule has 28 heavy (non-hydrogen) atoms. The first kappa shape index (κ1) is 20.9. The number of amides is 1. The van der Waals surface area contributed by atoms with E-state index in [-0.39, 0.29) is 5.91 Å². The smallest absolute Gasteiger partial charge is 0.234 e. The van der Waals surface area contributed by atoms with Crippen LogP contribution in [-0.2, 0) is 11.3 Å². The van der Waals surface area contributed by atoms with Crippen molar-refractivity contribution in [2.45, 2.75) is 6.54 Å². The number of hydrogen-bond donors (Lipinski definition) is 1. The lowest BCUT2D eigenvalue weighted by Gasteiger charge is -2.33. The molecule has 0 spiro atoms. The molecule has 1 N–H and O–H groups in total. The van der Waals surface area contributed by atoms with Crippen LogP contribution in [0.1, 0.15) is 11.1 Å². The minimum atomic E-state index is 0.0171. The summed E-state index contributed by atoms with van der Waals surface area (Å²) in [5.74, 6) is 0.0171. The number of hydrogen-bond acceptors (Lipinski definition) is 3. The topological polar surface area (TPSA) is 35.6 Å². The quantitative estimate of drug-likeness (QED) is 0.740. The van der Waals surface area contributed by atoms with Crippen LogP contribution < -0.4 is 5.32 Å². The molecule has 4 nitrogen and oxygen atoms in total. The highest BCUT2D eigenvalue weighted by atomic mass is 35.5. The van der Waals surface area contributed by atoms with Gasteiger partial charge in [0.1, 0.15) is 0 Å². The number of piperazine rings is 1. The van der Waals surface area contributed by atoms with E-state index in [0.717, 1.165) is 38.3 Å². The minimum absolute atomic E-state index is 0.0171. The molecule has 2 aromatic rings. The Kier molecular flexibility index (Phi) is 7.92. The highest BCUT2D eigenvalue weighted by Crippen LogP contribution is 2.20. The average molecular weight is 418 g/mol. The van der Waals surface area contributed by atoms with E-state index in [1.54, 1.807) is 12.1 Å². The third-order valence-corrected chi connectivity index (χ3v) is 5.38. The maximum absolute atomic E-state index is 12.2. The predicted molar refractivity (Wildman–Crippen MR) is 117 cm³/mol. The molecular weight excluding hydrogens is 393 g/mol. The van der Waals surface area contributed by atoms with Crippen molar-refractivity contribution in [3.05, 3.63) is 75.8 Å². The Labute approximate surface area is 176 Å². The first-order valence-electron chi connectivity index (χ1n) is 9.47. The molecule has 0 bridgehead atoms. The second-order valence-electron chi connectivity index (χ2n) is 6.90. The summed E-state index contributed by atoms with van der Waals surface area (Å²) in [5.41, 5.74) is 2.09. The Hall–Kier alpha value is -1.85. The molecule has 0 saturated carbocycles. The second-order valence-corrected chi connectivity index (χ2v) is 7.75. The third-order valence-electron chi connectivity index (χ3n) is 4.80. The highest BCUT2D eigenvalue weighted by Gasteiger charge is 2.18. The number of rotatable bonds is 7. The zero-order valence-electron chi connectivity index (χ0n) is 15.8. The molecular formula is C22H25Cl2N3O. The molecule has 0 atom stereocenters. The monoisotopic (exact) mass is 417 g/mol. The van der Waals surface area contributed by atoms with E-state index in [1.165, 1.54) is 5.56 Å². The highest BCUT2D eigenvalue weighted by molar-refractivity contribution is 6.35. The molecule has 2 aromatic carbocycles. The van der Waals surface area contributed by atoms with Gasteiger partial charge < -0.3 is 5.32 Å². The zero-order valence-corrected chi connectivity index (χ0v) is 17.3. The van der Waals surface area contributed by atoms with Gasteiger partial charge in [0.15, 0.2) is 0 Å². The summed E-state index contributed by atoms with van der Waals surface area (Å²) in [5, 5.41) is 4.11. The minimum Gasteiger partial charge on any atom is -0.351 e. The molecule has 1 saturated heterocycles. The summed E-state index contributed by atoms with van der Waals surface area (Å²) in [7, 11) is 0. The fraction of sp³-hybridized carbons (Fsp3) is 0.318. The van der Waals surface area contributed by atoms with Gasteiger partial charge in [-0.05, 0) is 23.3 Å². The van der Waals surface area contributed by atoms with Crippen LogP contribution in [0.5, 0.6) is 0 Å². The number of carbonyl (C=O) groups is 1. The van der Waals surface area contributed by atoms with Gasteiger partial charge in [0.05, 0.1) is 6.54 Å². The Morgan fingerprint density at radius 3 is 2.43 bits per heavy atom. The summed E-state index contributed by atoms with van der Waals surface area (Å²) in [6.45, 7) is 5.50. The van der Waals surface area contributed by atoms with Crippen molar-refractivity contribution < 1.29 is 4.79 Å². The van der Waals surface area contributed by atoms with Crippen molar-refractivity contribution in [2.24, 2.45) is 0 Å². The van der Waals surface area contributed by atoms with Gasteiger partial charge in [-0.15, -0.1) is 0 Å². The van der Waals surface area contributed by atoms with E-state index in [2.05, 4.69) is 39.4 Å². The van der Waals surface area contributed by atoms with E-state index in [9.17, 15) is 4.79 Å². The van der Waals surface area contributed by atoms with Crippen molar-refractivity contribution in [1.29, 1.82) is 0 Å². The van der Waals surface area contributed by atoms with Gasteiger partial charge in [-0.1, -0.05) is 71.8 Å². The van der Waals surface area contributed by atoms with Crippen molar-refractivity contribution in [1.82, 2.24) is 15.1 Å². The van der Waals surface area contributed by atoms with E-state index in [1.807, 2.05) is 24.3 Å². The molecule has 6 heteroatoms. The molecule has 0 radical (unpaired) electrons. The molecule has 148 valence electrons. The van der Waals surface area contributed by atoms with Crippen molar-refractivity contribution in [3.63, 3.8) is 0 Å².